The van der Waals surface area contributed by atoms with Crippen molar-refractivity contribution >= 4 is 48.0 Å². The molecule has 1 fully saturated rings. The predicted octanol–water partition coefficient (Wildman–Crippen LogP) is 4.48. The number of nitrogen functional groups attached to an aromatic ring is 1. The van der Waals surface area contributed by atoms with Crippen LogP contribution in [-0.2, 0) is 17.8 Å². The van der Waals surface area contributed by atoms with Crippen LogP contribution in [0.3, 0.4) is 0 Å². The van der Waals surface area contributed by atoms with Crippen molar-refractivity contribution in [1.29, 1.82) is 0 Å². The number of amides is 1. The molecule has 7 heteroatoms. The maximum Gasteiger partial charge on any atom is 0.220 e. The summed E-state index contributed by atoms with van der Waals surface area (Å²) in [6.45, 7) is 2.93. The van der Waals surface area contributed by atoms with Gasteiger partial charge in [-0.2, -0.15) is 0 Å². The molecule has 0 saturated carbocycles. The molecule has 0 radical (unpaired) electrons. The number of hydrogen-bond acceptors (Lipinski definition) is 3. The molecule has 0 spiro atoms. The molecule has 28 heavy (non-hydrogen) atoms. The van der Waals surface area contributed by atoms with Gasteiger partial charge in [0.15, 0.2) is 0 Å². The Labute approximate surface area is 184 Å². The second-order valence-corrected chi connectivity index (χ2v) is 7.38. The van der Waals surface area contributed by atoms with Crippen molar-refractivity contribution < 1.29 is 4.79 Å². The second-order valence-electron chi connectivity index (χ2n) is 6.94. The van der Waals surface area contributed by atoms with E-state index in [0.717, 1.165) is 48.7 Å². The summed E-state index contributed by atoms with van der Waals surface area (Å²) in [7, 11) is 0. The van der Waals surface area contributed by atoms with Gasteiger partial charge in [-0.05, 0) is 48.6 Å². The Morgan fingerprint density at radius 3 is 2.36 bits per heavy atom. The molecular formula is C21H28Cl3N3O. The van der Waals surface area contributed by atoms with Gasteiger partial charge in [-0.15, -0.1) is 24.8 Å². The number of carbonyl (C=O) groups is 1. The summed E-state index contributed by atoms with van der Waals surface area (Å²) >= 11 is 5.93. The van der Waals surface area contributed by atoms with Crippen LogP contribution < -0.4 is 11.1 Å². The smallest absolute Gasteiger partial charge is 0.220 e. The van der Waals surface area contributed by atoms with Crippen LogP contribution in [0, 0.1) is 0 Å². The molecule has 154 valence electrons. The fraction of sp³-hybridized carbons (Fsp3) is 0.381. The minimum absolute atomic E-state index is 0. The van der Waals surface area contributed by atoms with Crippen molar-refractivity contribution in [1.82, 2.24) is 10.2 Å². The number of rotatable bonds is 6. The normalized spacial score (nSPS) is 14.6. The van der Waals surface area contributed by atoms with Crippen molar-refractivity contribution in [2.45, 2.75) is 38.3 Å². The fourth-order valence-corrected chi connectivity index (χ4v) is 3.52. The molecular weight excluding hydrogens is 417 g/mol. The molecule has 3 rings (SSSR count). The number of nitrogens with zero attached hydrogens (tertiary/aromatic N) is 1. The predicted molar refractivity (Wildman–Crippen MR) is 122 cm³/mol. The molecule has 0 atom stereocenters. The number of nitrogens with one attached hydrogen (secondary N) is 1. The van der Waals surface area contributed by atoms with Gasteiger partial charge in [-0.25, -0.2) is 0 Å². The average Bonchev–Trinajstić information content (AvgIpc) is 2.64. The van der Waals surface area contributed by atoms with Crippen LogP contribution in [0.2, 0.25) is 5.02 Å². The molecule has 0 unspecified atom stereocenters. The zero-order chi connectivity index (χ0) is 18.4. The van der Waals surface area contributed by atoms with Crippen LogP contribution in [0.4, 0.5) is 5.69 Å². The number of carbonyl (C=O) groups excluding carboxylic acids is 1. The van der Waals surface area contributed by atoms with Crippen molar-refractivity contribution in [3.05, 3.63) is 64.7 Å². The number of benzene rings is 2. The van der Waals surface area contributed by atoms with E-state index in [-0.39, 0.29) is 36.8 Å². The van der Waals surface area contributed by atoms with E-state index in [2.05, 4.69) is 22.3 Å². The summed E-state index contributed by atoms with van der Waals surface area (Å²) in [5.74, 6) is 0.115. The molecule has 0 aliphatic carbocycles. The topological polar surface area (TPSA) is 58.4 Å². The summed E-state index contributed by atoms with van der Waals surface area (Å²) in [6.07, 6.45) is 3.16. The first-order valence-corrected chi connectivity index (χ1v) is 9.57. The molecule has 1 heterocycles. The van der Waals surface area contributed by atoms with E-state index >= 15 is 0 Å². The van der Waals surface area contributed by atoms with Gasteiger partial charge in [0.25, 0.3) is 0 Å². The lowest BCUT2D eigenvalue weighted by Crippen LogP contribution is -2.44. The highest BCUT2D eigenvalue weighted by atomic mass is 35.5. The summed E-state index contributed by atoms with van der Waals surface area (Å²) in [4.78, 5) is 14.6. The lowest BCUT2D eigenvalue weighted by molar-refractivity contribution is -0.122. The van der Waals surface area contributed by atoms with E-state index in [4.69, 9.17) is 17.3 Å². The number of likely N-dealkylation sites (tertiary alicyclic amines) is 1. The Balaban J connectivity index is 0.00000196. The van der Waals surface area contributed by atoms with Crippen LogP contribution in [0.15, 0.2) is 48.5 Å². The van der Waals surface area contributed by atoms with E-state index in [9.17, 15) is 4.79 Å². The SMILES string of the molecule is Cl.Cl.Nc1ccccc1CCC(=O)NC1CCN(Cc2ccc(Cl)cc2)CC1. The summed E-state index contributed by atoms with van der Waals surface area (Å²) in [5.41, 5.74) is 9.01. The maximum atomic E-state index is 12.2. The first-order valence-electron chi connectivity index (χ1n) is 9.20. The van der Waals surface area contributed by atoms with Crippen molar-refractivity contribution in [3.63, 3.8) is 0 Å². The van der Waals surface area contributed by atoms with Crippen LogP contribution in [0.1, 0.15) is 30.4 Å². The van der Waals surface area contributed by atoms with Crippen molar-refractivity contribution in [3.8, 4) is 0 Å². The van der Waals surface area contributed by atoms with Crippen LogP contribution in [0.25, 0.3) is 0 Å². The average molecular weight is 445 g/mol. The Morgan fingerprint density at radius 2 is 1.71 bits per heavy atom. The summed E-state index contributed by atoms with van der Waals surface area (Å²) < 4.78 is 0. The molecule has 1 saturated heterocycles. The van der Waals surface area contributed by atoms with Crippen molar-refractivity contribution in [2.75, 3.05) is 18.8 Å². The summed E-state index contributed by atoms with van der Waals surface area (Å²) in [5, 5.41) is 3.95. The third kappa shape index (κ3) is 7.51. The first-order chi connectivity index (χ1) is 12.6. The fourth-order valence-electron chi connectivity index (χ4n) is 3.39. The minimum Gasteiger partial charge on any atom is -0.399 e. The largest absolute Gasteiger partial charge is 0.399 e. The number of anilines is 1. The maximum absolute atomic E-state index is 12.2. The van der Waals surface area contributed by atoms with E-state index in [1.807, 2.05) is 36.4 Å². The molecule has 4 nitrogen and oxygen atoms in total. The standard InChI is InChI=1S/C21H26ClN3O.2ClH/c22-18-8-5-16(6-9-18)15-25-13-11-19(12-14-25)24-21(26)10-7-17-3-1-2-4-20(17)23;;/h1-6,8-9,19H,7,10-15,23H2,(H,24,26);2*1H. The monoisotopic (exact) mass is 443 g/mol. The third-order valence-electron chi connectivity index (χ3n) is 4.95. The van der Waals surface area contributed by atoms with E-state index in [1.165, 1.54) is 5.56 Å². The summed E-state index contributed by atoms with van der Waals surface area (Å²) in [6, 6.07) is 16.0. The molecule has 0 bridgehead atoms. The van der Waals surface area contributed by atoms with Gasteiger partial charge in [0, 0.05) is 42.8 Å². The van der Waals surface area contributed by atoms with Gasteiger partial charge in [-0.3, -0.25) is 9.69 Å². The molecule has 0 aromatic heterocycles. The van der Waals surface area contributed by atoms with Gasteiger partial charge in [0.1, 0.15) is 0 Å². The molecule has 1 amide bonds. The Hall–Kier alpha value is -1.46. The molecule has 2 aromatic rings. The minimum atomic E-state index is 0. The van der Waals surface area contributed by atoms with E-state index < -0.39 is 0 Å². The van der Waals surface area contributed by atoms with Gasteiger partial charge in [0.2, 0.25) is 5.91 Å². The van der Waals surface area contributed by atoms with Gasteiger partial charge in [-0.1, -0.05) is 41.9 Å². The Kier molecular flexibility index (Phi) is 10.7. The number of piperidine rings is 1. The lowest BCUT2D eigenvalue weighted by atomic mass is 10.0. The molecule has 2 aromatic carbocycles. The number of para-hydroxylation sites is 1. The highest BCUT2D eigenvalue weighted by Gasteiger charge is 2.20. The highest BCUT2D eigenvalue weighted by molar-refractivity contribution is 6.30. The van der Waals surface area contributed by atoms with E-state index in [1.54, 1.807) is 0 Å². The van der Waals surface area contributed by atoms with Gasteiger partial charge >= 0.3 is 0 Å². The van der Waals surface area contributed by atoms with Gasteiger partial charge < -0.3 is 11.1 Å². The van der Waals surface area contributed by atoms with Crippen molar-refractivity contribution in [2.24, 2.45) is 0 Å². The number of halogens is 3. The van der Waals surface area contributed by atoms with Crippen LogP contribution in [-0.4, -0.2) is 29.9 Å². The second kappa shape index (κ2) is 12.2. The van der Waals surface area contributed by atoms with Crippen LogP contribution in [0.5, 0.6) is 0 Å². The number of hydrogen-bond donors (Lipinski definition) is 2. The number of nitrogens with two attached hydrogens (primary N) is 1. The molecule has 1 aliphatic rings. The quantitative estimate of drug-likeness (QED) is 0.646. The van der Waals surface area contributed by atoms with Gasteiger partial charge in [0.05, 0.1) is 0 Å². The Bertz CT molecular complexity index is 732. The third-order valence-corrected chi connectivity index (χ3v) is 5.20. The zero-order valence-electron chi connectivity index (χ0n) is 15.8. The molecule has 1 aliphatic heterocycles. The lowest BCUT2D eigenvalue weighted by Gasteiger charge is -2.32. The highest BCUT2D eigenvalue weighted by Crippen LogP contribution is 2.17. The van der Waals surface area contributed by atoms with E-state index in [0.29, 0.717) is 12.8 Å². The zero-order valence-corrected chi connectivity index (χ0v) is 18.2. The first kappa shape index (κ1) is 24.6. The number of aryl methyl sites for hydroxylation is 1. The van der Waals surface area contributed by atoms with Crippen LogP contribution >= 0.6 is 36.4 Å². The molecule has 3 N–H and O–H groups in total. The Morgan fingerprint density at radius 1 is 1.07 bits per heavy atom.